The summed E-state index contributed by atoms with van der Waals surface area (Å²) < 4.78 is 0. The molecule has 0 saturated heterocycles. The molecule has 0 aliphatic rings. The quantitative estimate of drug-likeness (QED) is 0.633. The largest absolute Gasteiger partial charge is 0.481 e. The molecule has 3 N–H and O–H groups in total. The summed E-state index contributed by atoms with van der Waals surface area (Å²) in [6.07, 6.45) is 1.22. The summed E-state index contributed by atoms with van der Waals surface area (Å²) in [7, 11) is 0. The summed E-state index contributed by atoms with van der Waals surface area (Å²) in [6, 6.07) is 5.38. The molecule has 0 aliphatic carbocycles. The van der Waals surface area contributed by atoms with Crippen LogP contribution in [0.1, 0.15) is 40.7 Å². The van der Waals surface area contributed by atoms with Gasteiger partial charge in [-0.2, -0.15) is 0 Å². The molecule has 1 aromatic rings. The van der Waals surface area contributed by atoms with Crippen LogP contribution in [0.5, 0.6) is 0 Å². The lowest BCUT2D eigenvalue weighted by molar-refractivity contribution is -0.137. The van der Waals surface area contributed by atoms with Crippen molar-refractivity contribution in [2.45, 2.75) is 33.1 Å². The monoisotopic (exact) mass is 306 g/mol. The number of amides is 2. The minimum atomic E-state index is -0.841. The van der Waals surface area contributed by atoms with Gasteiger partial charge in [0.1, 0.15) is 0 Å². The molecule has 0 aromatic heterocycles. The Hall–Kier alpha value is -2.37. The number of carboxylic acid groups (broad SMARTS) is 1. The third kappa shape index (κ3) is 6.39. The molecule has 0 spiro atoms. The van der Waals surface area contributed by atoms with E-state index in [-0.39, 0.29) is 24.8 Å². The minimum absolute atomic E-state index is 0.0926. The highest BCUT2D eigenvalue weighted by Crippen LogP contribution is 2.09. The van der Waals surface area contributed by atoms with Gasteiger partial charge in [-0.25, -0.2) is 0 Å². The van der Waals surface area contributed by atoms with Crippen molar-refractivity contribution in [2.75, 3.05) is 13.1 Å². The summed E-state index contributed by atoms with van der Waals surface area (Å²) in [5.41, 5.74) is 2.66. The summed E-state index contributed by atoms with van der Waals surface area (Å²) >= 11 is 0. The van der Waals surface area contributed by atoms with E-state index in [9.17, 15) is 14.4 Å². The fourth-order valence-corrected chi connectivity index (χ4v) is 1.84. The number of unbranched alkanes of at least 4 members (excludes halogenated alkanes) is 1. The van der Waals surface area contributed by atoms with E-state index in [0.717, 1.165) is 11.1 Å². The predicted molar refractivity (Wildman–Crippen MR) is 82.7 cm³/mol. The summed E-state index contributed by atoms with van der Waals surface area (Å²) in [5.74, 6) is -1.41. The van der Waals surface area contributed by atoms with Crippen molar-refractivity contribution in [3.8, 4) is 0 Å². The third-order valence-electron chi connectivity index (χ3n) is 3.32. The topological polar surface area (TPSA) is 95.5 Å². The summed E-state index contributed by atoms with van der Waals surface area (Å²) in [6.45, 7) is 4.21. The van der Waals surface area contributed by atoms with Crippen molar-refractivity contribution >= 4 is 17.8 Å². The molecule has 0 radical (unpaired) electrons. The first-order chi connectivity index (χ1) is 10.4. The molecule has 22 heavy (non-hydrogen) atoms. The highest BCUT2D eigenvalue weighted by molar-refractivity contribution is 5.96. The maximum absolute atomic E-state index is 11.9. The van der Waals surface area contributed by atoms with Crippen LogP contribution in [0.25, 0.3) is 0 Å². The lowest BCUT2D eigenvalue weighted by atomic mass is 10.1. The number of carbonyl (C=O) groups is 3. The summed E-state index contributed by atoms with van der Waals surface area (Å²) in [5, 5.41) is 13.7. The molecule has 1 aromatic carbocycles. The van der Waals surface area contributed by atoms with E-state index in [2.05, 4.69) is 10.6 Å². The molecule has 0 unspecified atom stereocenters. The SMILES string of the molecule is Cc1ccc(C(=O)NCC(=O)NCCCCC(=O)O)cc1C. The lowest BCUT2D eigenvalue weighted by Gasteiger charge is -2.08. The van der Waals surface area contributed by atoms with Crippen molar-refractivity contribution in [1.82, 2.24) is 10.6 Å². The molecule has 0 aliphatic heterocycles. The Kier molecular flexibility index (Phi) is 7.08. The number of rotatable bonds is 8. The van der Waals surface area contributed by atoms with E-state index in [0.29, 0.717) is 24.9 Å². The first kappa shape index (κ1) is 17.7. The van der Waals surface area contributed by atoms with Crippen molar-refractivity contribution in [3.63, 3.8) is 0 Å². The van der Waals surface area contributed by atoms with E-state index in [4.69, 9.17) is 5.11 Å². The predicted octanol–water partition coefficient (Wildman–Crippen LogP) is 1.40. The lowest BCUT2D eigenvalue weighted by Crippen LogP contribution is -2.37. The number of carbonyl (C=O) groups excluding carboxylic acids is 2. The Bertz CT molecular complexity index is 555. The van der Waals surface area contributed by atoms with Crippen LogP contribution in [0, 0.1) is 13.8 Å². The van der Waals surface area contributed by atoms with Crippen LogP contribution >= 0.6 is 0 Å². The zero-order valence-corrected chi connectivity index (χ0v) is 12.9. The number of aryl methyl sites for hydroxylation is 2. The van der Waals surface area contributed by atoms with Crippen molar-refractivity contribution in [3.05, 3.63) is 34.9 Å². The maximum atomic E-state index is 11.9. The Labute approximate surface area is 129 Å². The molecular weight excluding hydrogens is 284 g/mol. The van der Waals surface area contributed by atoms with Gasteiger partial charge in [-0.05, 0) is 49.9 Å². The molecule has 0 heterocycles. The van der Waals surface area contributed by atoms with Crippen LogP contribution in [-0.2, 0) is 9.59 Å². The number of benzene rings is 1. The maximum Gasteiger partial charge on any atom is 0.303 e. The molecule has 6 heteroatoms. The molecule has 1 rings (SSSR count). The second-order valence-corrected chi connectivity index (χ2v) is 5.18. The van der Waals surface area contributed by atoms with E-state index >= 15 is 0 Å². The van der Waals surface area contributed by atoms with Gasteiger partial charge in [0.15, 0.2) is 0 Å². The third-order valence-corrected chi connectivity index (χ3v) is 3.32. The Balaban J connectivity index is 2.27. The molecular formula is C16H22N2O4. The number of hydrogen-bond donors (Lipinski definition) is 3. The first-order valence-electron chi connectivity index (χ1n) is 7.24. The van der Waals surface area contributed by atoms with Gasteiger partial charge in [-0.15, -0.1) is 0 Å². The average molecular weight is 306 g/mol. The fraction of sp³-hybridized carbons (Fsp3) is 0.438. The smallest absolute Gasteiger partial charge is 0.303 e. The molecule has 0 atom stereocenters. The molecule has 120 valence electrons. The Morgan fingerprint density at radius 1 is 1.05 bits per heavy atom. The number of nitrogens with one attached hydrogen (secondary N) is 2. The van der Waals surface area contributed by atoms with Crippen LogP contribution in [0.15, 0.2) is 18.2 Å². The van der Waals surface area contributed by atoms with Gasteiger partial charge in [0.2, 0.25) is 5.91 Å². The molecule has 6 nitrogen and oxygen atoms in total. The fourth-order valence-electron chi connectivity index (χ4n) is 1.84. The zero-order valence-electron chi connectivity index (χ0n) is 12.9. The van der Waals surface area contributed by atoms with Crippen molar-refractivity contribution in [2.24, 2.45) is 0 Å². The number of aliphatic carboxylic acids is 1. The number of hydrogen-bond acceptors (Lipinski definition) is 3. The van der Waals surface area contributed by atoms with Gasteiger partial charge in [0.05, 0.1) is 6.54 Å². The van der Waals surface area contributed by atoms with Crippen LogP contribution in [0.3, 0.4) is 0 Å². The number of carboxylic acids is 1. The van der Waals surface area contributed by atoms with Gasteiger partial charge in [-0.3, -0.25) is 14.4 Å². The molecule has 0 fully saturated rings. The van der Waals surface area contributed by atoms with E-state index < -0.39 is 5.97 Å². The van der Waals surface area contributed by atoms with Gasteiger partial charge < -0.3 is 15.7 Å². The standard InChI is InChI=1S/C16H22N2O4/c1-11-6-7-13(9-12(11)2)16(22)18-10-14(19)17-8-4-3-5-15(20)21/h6-7,9H,3-5,8,10H2,1-2H3,(H,17,19)(H,18,22)(H,20,21). The highest BCUT2D eigenvalue weighted by Gasteiger charge is 2.08. The summed E-state index contributed by atoms with van der Waals surface area (Å²) in [4.78, 5) is 33.8. The Morgan fingerprint density at radius 3 is 2.41 bits per heavy atom. The van der Waals surface area contributed by atoms with E-state index in [1.165, 1.54) is 0 Å². The van der Waals surface area contributed by atoms with Crippen molar-refractivity contribution < 1.29 is 19.5 Å². The van der Waals surface area contributed by atoms with Crippen LogP contribution < -0.4 is 10.6 Å². The zero-order chi connectivity index (χ0) is 16.5. The van der Waals surface area contributed by atoms with Gasteiger partial charge in [0.25, 0.3) is 5.91 Å². The van der Waals surface area contributed by atoms with Gasteiger partial charge >= 0.3 is 5.97 Å². The molecule has 2 amide bonds. The van der Waals surface area contributed by atoms with E-state index in [1.807, 2.05) is 19.9 Å². The van der Waals surface area contributed by atoms with Crippen LogP contribution in [0.4, 0.5) is 0 Å². The van der Waals surface area contributed by atoms with Gasteiger partial charge in [-0.1, -0.05) is 6.07 Å². The second kappa shape index (κ2) is 8.81. The molecule has 0 saturated carbocycles. The van der Waals surface area contributed by atoms with Gasteiger partial charge in [0, 0.05) is 18.5 Å². The average Bonchev–Trinajstić information content (AvgIpc) is 2.47. The minimum Gasteiger partial charge on any atom is -0.481 e. The first-order valence-corrected chi connectivity index (χ1v) is 7.24. The van der Waals surface area contributed by atoms with Crippen molar-refractivity contribution in [1.29, 1.82) is 0 Å². The normalized spacial score (nSPS) is 10.1. The highest BCUT2D eigenvalue weighted by atomic mass is 16.4. The second-order valence-electron chi connectivity index (χ2n) is 5.18. The Morgan fingerprint density at radius 2 is 1.77 bits per heavy atom. The molecule has 0 bridgehead atoms. The van der Waals surface area contributed by atoms with Crippen LogP contribution in [-0.4, -0.2) is 36.0 Å². The van der Waals surface area contributed by atoms with Crippen LogP contribution in [0.2, 0.25) is 0 Å². The van der Waals surface area contributed by atoms with E-state index in [1.54, 1.807) is 12.1 Å².